The number of rotatable bonds is 0. The minimum atomic E-state index is -5.07. The van der Waals surface area contributed by atoms with Crippen molar-refractivity contribution in [3.05, 3.63) is 37.5 Å². The lowest BCUT2D eigenvalue weighted by Gasteiger charge is -2.28. The highest BCUT2D eigenvalue weighted by Gasteiger charge is 2.54. The average Bonchev–Trinajstić information content (AvgIpc) is 3.81. The second-order valence-electron chi connectivity index (χ2n) is 11.0. The summed E-state index contributed by atoms with van der Waals surface area (Å²) in [6.45, 7) is -5.09. The largest absolute Gasteiger partial charge is 0.472 e. The maximum Gasteiger partial charge on any atom is 0.472 e. The first-order chi connectivity index (χ1) is 23.1. The first-order valence-electron chi connectivity index (χ1n) is 14.5. The van der Waals surface area contributed by atoms with Crippen molar-refractivity contribution in [1.29, 1.82) is 0 Å². The van der Waals surface area contributed by atoms with Gasteiger partial charge in [-0.25, -0.2) is 43.2 Å². The average molecular weight is 731 g/mol. The van der Waals surface area contributed by atoms with E-state index in [9.17, 15) is 14.4 Å². The fourth-order valence-corrected chi connectivity index (χ4v) is 8.27. The van der Waals surface area contributed by atoms with Gasteiger partial charge in [-0.3, -0.25) is 22.7 Å². The van der Waals surface area contributed by atoms with Gasteiger partial charge in [0.25, 0.3) is 0 Å². The van der Waals surface area contributed by atoms with Crippen LogP contribution >= 0.6 is 14.5 Å². The quantitative estimate of drug-likeness (QED) is 0.149. The minimum Gasteiger partial charge on any atom is -0.365 e. The predicted molar refractivity (Wildman–Crippen MR) is 162 cm³/mol. The number of halogens is 2. The highest BCUT2D eigenvalue weighted by atomic mass is 32.5. The molecule has 5 aliphatic heterocycles. The van der Waals surface area contributed by atoms with Crippen molar-refractivity contribution < 1.29 is 50.7 Å². The van der Waals surface area contributed by atoms with Crippen molar-refractivity contribution in [2.24, 2.45) is 0 Å². The number of phosphoric acid groups is 1. The van der Waals surface area contributed by atoms with Crippen LogP contribution in [-0.2, 0) is 43.9 Å². The number of fused-ring (bicyclic) bond motifs is 10. The maximum atomic E-state index is 16.2. The number of alkyl halides is 2. The van der Waals surface area contributed by atoms with E-state index in [1.807, 2.05) is 12.2 Å². The Morgan fingerprint density at radius 3 is 1.81 bits per heavy atom. The Morgan fingerprint density at radius 1 is 0.771 bits per heavy atom. The molecular weight excluding hydrogens is 704 g/mol. The fourth-order valence-electron chi connectivity index (χ4n) is 5.87. The third-order valence-electron chi connectivity index (χ3n) is 8.05. The topological polar surface area (TPSA) is 224 Å². The van der Waals surface area contributed by atoms with Gasteiger partial charge in [-0.15, -0.1) is 0 Å². The van der Waals surface area contributed by atoms with Gasteiger partial charge in [0.2, 0.25) is 0 Å². The molecule has 0 aliphatic carbocycles. The van der Waals surface area contributed by atoms with Gasteiger partial charge < -0.3 is 34.4 Å². The molecule has 0 aromatic carbocycles. The summed E-state index contributed by atoms with van der Waals surface area (Å²) in [5.74, 6) is 0.703. The Labute approximate surface area is 273 Å². The number of ether oxygens (including phenoxy) is 2. The van der Waals surface area contributed by atoms with Gasteiger partial charge in [0.1, 0.15) is 37.1 Å². The van der Waals surface area contributed by atoms with Crippen LogP contribution in [0, 0.1) is 0 Å². The summed E-state index contributed by atoms with van der Waals surface area (Å²) in [4.78, 5) is 47.3. The molecule has 9 rings (SSSR count). The normalized spacial score (nSPS) is 38.0. The lowest BCUT2D eigenvalue weighted by molar-refractivity contribution is -0.0623. The molecule has 5 aliphatic rings. The van der Waals surface area contributed by atoms with E-state index in [0.29, 0.717) is 30.2 Å². The van der Waals surface area contributed by atoms with E-state index < -0.39 is 77.0 Å². The van der Waals surface area contributed by atoms with Gasteiger partial charge in [0.05, 0.1) is 25.9 Å². The van der Waals surface area contributed by atoms with Gasteiger partial charge in [0, 0.05) is 13.1 Å². The first kappa shape index (κ1) is 32.1. The molecular formula is C24H26F2N10O9P2S. The molecule has 0 saturated carbocycles. The molecule has 4 aromatic rings. The van der Waals surface area contributed by atoms with E-state index in [4.69, 9.17) is 39.4 Å². The van der Waals surface area contributed by atoms with E-state index in [1.54, 1.807) is 0 Å². The Kier molecular flexibility index (Phi) is 8.24. The van der Waals surface area contributed by atoms with Gasteiger partial charge in [-0.1, -0.05) is 12.2 Å². The van der Waals surface area contributed by atoms with Crippen LogP contribution in [0.4, 0.5) is 20.4 Å². The van der Waals surface area contributed by atoms with E-state index in [1.165, 1.54) is 34.4 Å². The van der Waals surface area contributed by atoms with Crippen LogP contribution < -0.4 is 10.6 Å². The molecule has 14 bridgehead atoms. The van der Waals surface area contributed by atoms with Crippen molar-refractivity contribution in [2.45, 2.75) is 49.2 Å². The van der Waals surface area contributed by atoms with Crippen LogP contribution in [-0.4, -0.2) is 112 Å². The summed E-state index contributed by atoms with van der Waals surface area (Å²) < 4.78 is 81.4. The molecule has 0 spiro atoms. The molecule has 10 atom stereocenters. The van der Waals surface area contributed by atoms with E-state index >= 15 is 8.78 Å². The molecule has 0 radical (unpaired) electrons. The third-order valence-corrected chi connectivity index (χ3v) is 10.6. The Morgan fingerprint density at radius 2 is 1.27 bits per heavy atom. The Bertz CT molecular complexity index is 1850. The molecule has 256 valence electrons. The lowest BCUT2D eigenvalue weighted by atomic mass is 10.1. The third kappa shape index (κ3) is 5.79. The zero-order valence-electron chi connectivity index (χ0n) is 24.3. The number of phosphoric ester groups is 1. The number of hydrogen-bond acceptors (Lipinski definition) is 16. The second kappa shape index (κ2) is 12.3. The SMILES string of the molecule is O=P1(O)OC[C@H]2OC3[C@H](F)[C@@H]2OP(O)(=S)OC[C@H]2O[C@H]([C@H](F)[C@@H]2O1)n1cnc2c(ncnc21)NC/C=C/CNc1ncnc2c1ncn23. The second-order valence-corrected chi connectivity index (χ2v) is 15.2. The monoisotopic (exact) mass is 730 g/mol. The highest BCUT2D eigenvalue weighted by Crippen LogP contribution is 2.54. The molecule has 0 amide bonds. The number of imidazole rings is 2. The molecule has 3 unspecified atom stereocenters. The highest BCUT2D eigenvalue weighted by molar-refractivity contribution is 8.07. The van der Waals surface area contributed by atoms with Crippen molar-refractivity contribution in [3.63, 3.8) is 0 Å². The summed E-state index contributed by atoms with van der Waals surface area (Å²) in [5, 5.41) is 6.25. The summed E-state index contributed by atoms with van der Waals surface area (Å²) in [6.07, 6.45) is -4.66. The predicted octanol–water partition coefficient (Wildman–Crippen LogP) is 1.67. The van der Waals surface area contributed by atoms with Crippen LogP contribution in [0.5, 0.6) is 0 Å². The van der Waals surface area contributed by atoms with Crippen molar-refractivity contribution in [1.82, 2.24) is 39.0 Å². The van der Waals surface area contributed by atoms with E-state index in [2.05, 4.69) is 40.5 Å². The minimum absolute atomic E-state index is 0.179. The van der Waals surface area contributed by atoms with Crippen LogP contribution in [0.1, 0.15) is 12.5 Å². The first-order valence-corrected chi connectivity index (χ1v) is 18.6. The molecule has 19 nitrogen and oxygen atoms in total. The summed E-state index contributed by atoms with van der Waals surface area (Å²) >= 11 is 5.19. The van der Waals surface area contributed by atoms with Gasteiger partial charge in [-0.2, -0.15) is 0 Å². The lowest BCUT2D eigenvalue weighted by Crippen LogP contribution is -2.37. The molecule has 9 heterocycles. The maximum absolute atomic E-state index is 16.2. The standard InChI is InChI=1S/C24H26F2N10O9P2S/c25-13-17-12-6-41-47(39,48)45-18-11(5-40-46(37,38)44-17)42-24(14(18)26)36-10-34-16-20(30-8-32-22(16)36)28-4-2-1-3-27-19-15-21(31-7-29-19)35(9-33-15)23(13)43-12/h1-2,7-14,17-18,23-24H,3-6H2,(H,37,38)(H,39,48)(H,27,29,31)(H,28,30,32)/b2-1+/t11-,12-,13-,14-,17-,18-,23-,24?,47?/m1/s1. The Hall–Kier alpha value is -3.14. The van der Waals surface area contributed by atoms with Crippen molar-refractivity contribution >= 4 is 60.3 Å². The van der Waals surface area contributed by atoms with Crippen LogP contribution in [0.25, 0.3) is 22.3 Å². The summed E-state index contributed by atoms with van der Waals surface area (Å²) in [7, 11) is -5.07. The van der Waals surface area contributed by atoms with Crippen molar-refractivity contribution in [2.75, 3.05) is 36.9 Å². The van der Waals surface area contributed by atoms with Gasteiger partial charge >= 0.3 is 14.5 Å². The van der Waals surface area contributed by atoms with Crippen LogP contribution in [0.3, 0.4) is 0 Å². The number of nitrogens with zero attached hydrogens (tertiary/aromatic N) is 8. The Balaban J connectivity index is 1.21. The molecule has 24 heteroatoms. The van der Waals surface area contributed by atoms with E-state index in [0.717, 1.165) is 0 Å². The molecule has 4 N–H and O–H groups in total. The smallest absolute Gasteiger partial charge is 0.365 e. The fraction of sp³-hybridized carbons (Fsp3) is 0.500. The van der Waals surface area contributed by atoms with Crippen LogP contribution in [0.15, 0.2) is 37.5 Å². The number of nitrogens with one attached hydrogen (secondary N) is 2. The van der Waals surface area contributed by atoms with Gasteiger partial charge in [0.15, 0.2) is 58.8 Å². The molecule has 4 aromatic heterocycles. The number of aromatic nitrogens is 8. The van der Waals surface area contributed by atoms with Crippen molar-refractivity contribution in [3.8, 4) is 0 Å². The number of hydrogen-bond donors (Lipinski definition) is 4. The number of anilines is 2. The van der Waals surface area contributed by atoms with Gasteiger partial charge in [-0.05, 0) is 11.8 Å². The zero-order chi connectivity index (χ0) is 33.2. The zero-order valence-corrected chi connectivity index (χ0v) is 26.9. The van der Waals surface area contributed by atoms with Crippen LogP contribution in [0.2, 0.25) is 0 Å². The molecule has 48 heavy (non-hydrogen) atoms. The summed E-state index contributed by atoms with van der Waals surface area (Å²) in [6, 6.07) is 0. The molecule has 3 fully saturated rings. The summed E-state index contributed by atoms with van der Waals surface area (Å²) in [5.41, 5.74) is 0.955. The van der Waals surface area contributed by atoms with E-state index in [-0.39, 0.29) is 16.8 Å². The molecule has 3 saturated heterocycles.